The molecular formula is C28H32N8O7. The van der Waals surface area contributed by atoms with E-state index in [-0.39, 0.29) is 57.8 Å². The summed E-state index contributed by atoms with van der Waals surface area (Å²) in [4.78, 5) is 53.6. The molecule has 5 rings (SSSR count). The molecule has 4 aromatic heterocycles. The van der Waals surface area contributed by atoms with Crippen molar-refractivity contribution in [1.82, 2.24) is 30.0 Å². The van der Waals surface area contributed by atoms with Gasteiger partial charge in [-0.05, 0) is 45.7 Å². The van der Waals surface area contributed by atoms with Crippen LogP contribution >= 0.6 is 0 Å². The van der Waals surface area contributed by atoms with Gasteiger partial charge in [0.2, 0.25) is 11.6 Å². The quantitative estimate of drug-likeness (QED) is 0.306. The first-order chi connectivity index (χ1) is 20.5. The number of carbonyl (C=O) groups excluding carboxylic acids is 2. The number of nitrogens with zero attached hydrogens (tertiary/aromatic N) is 6. The molecule has 15 heteroatoms. The van der Waals surface area contributed by atoms with Crippen LogP contribution in [0, 0.1) is 0 Å². The smallest absolute Gasteiger partial charge is 0.414 e. The molecule has 0 saturated heterocycles. The minimum atomic E-state index is -0.771. The molecule has 43 heavy (non-hydrogen) atoms. The second-order valence-corrected chi connectivity index (χ2v) is 10.8. The molecule has 0 radical (unpaired) electrons. The third kappa shape index (κ3) is 6.11. The summed E-state index contributed by atoms with van der Waals surface area (Å²) in [5.74, 6) is 0.0258. The van der Waals surface area contributed by atoms with Gasteiger partial charge < -0.3 is 29.4 Å². The maximum absolute atomic E-state index is 13.4. The second kappa shape index (κ2) is 11.7. The van der Waals surface area contributed by atoms with E-state index < -0.39 is 23.2 Å². The van der Waals surface area contributed by atoms with E-state index >= 15 is 0 Å². The number of rotatable bonds is 8. The van der Waals surface area contributed by atoms with Gasteiger partial charge in [-0.1, -0.05) is 5.16 Å². The van der Waals surface area contributed by atoms with Crippen molar-refractivity contribution in [3.05, 3.63) is 52.9 Å². The van der Waals surface area contributed by atoms with Gasteiger partial charge in [0.25, 0.3) is 11.5 Å². The highest BCUT2D eigenvalue weighted by molar-refractivity contribution is 6.07. The minimum Gasteiger partial charge on any atom is -0.481 e. The first kappa shape index (κ1) is 29.4. The zero-order chi connectivity index (χ0) is 30.9. The minimum absolute atomic E-state index is 0.0815. The van der Waals surface area contributed by atoms with Crippen molar-refractivity contribution in [2.24, 2.45) is 0 Å². The molecule has 1 aliphatic carbocycles. The molecule has 1 fully saturated rings. The fraction of sp³-hybridized carbons (Fsp3) is 0.393. The van der Waals surface area contributed by atoms with E-state index in [1.54, 1.807) is 46.2 Å². The molecule has 0 aliphatic heterocycles. The number of hydrogen-bond donors (Lipinski definition) is 2. The van der Waals surface area contributed by atoms with Gasteiger partial charge in [0, 0.05) is 32.5 Å². The van der Waals surface area contributed by atoms with E-state index in [1.165, 1.54) is 42.1 Å². The molecule has 0 aromatic carbocycles. The van der Waals surface area contributed by atoms with Crippen molar-refractivity contribution < 1.29 is 28.3 Å². The standard InChI is InChI=1S/C28H32N8O7/c1-28(2,3)42-27(39)35(4)17-12-19(31-16-8-7-11-36(26(16)38)20-13-21(41-6)30-14-29-20)33-23-22(17)34-43-24(23)25(37)32-15-9-10-18(15)40-5/h7-8,11-15,18H,9-10H2,1-6H3,(H,31,33)(H,32,37)/t15-,18-/m1/s1. The van der Waals surface area contributed by atoms with E-state index in [9.17, 15) is 14.4 Å². The van der Waals surface area contributed by atoms with Crippen LogP contribution in [0.3, 0.4) is 0 Å². The number of amides is 2. The number of carbonyl (C=O) groups is 2. The first-order valence-corrected chi connectivity index (χ1v) is 13.4. The molecule has 2 atom stereocenters. The van der Waals surface area contributed by atoms with E-state index in [0.717, 1.165) is 12.8 Å². The van der Waals surface area contributed by atoms with Crippen LogP contribution in [0.4, 0.5) is 22.0 Å². The van der Waals surface area contributed by atoms with Crippen LogP contribution in [0.15, 0.2) is 46.1 Å². The van der Waals surface area contributed by atoms with E-state index in [1.807, 2.05) is 0 Å². The average molecular weight is 593 g/mol. The predicted molar refractivity (Wildman–Crippen MR) is 155 cm³/mol. The molecule has 226 valence electrons. The summed E-state index contributed by atoms with van der Waals surface area (Å²) < 4.78 is 22.8. The number of aromatic nitrogens is 5. The van der Waals surface area contributed by atoms with Crippen molar-refractivity contribution >= 4 is 40.2 Å². The topological polar surface area (TPSA) is 176 Å². The third-order valence-electron chi connectivity index (χ3n) is 6.77. The Balaban J connectivity index is 1.56. The van der Waals surface area contributed by atoms with Gasteiger partial charge in [-0.2, -0.15) is 0 Å². The van der Waals surface area contributed by atoms with Gasteiger partial charge in [-0.15, -0.1) is 0 Å². The summed E-state index contributed by atoms with van der Waals surface area (Å²) in [6, 6.07) is 6.04. The molecular weight excluding hydrogens is 560 g/mol. The number of anilines is 3. The summed E-state index contributed by atoms with van der Waals surface area (Å²) in [6.07, 6.45) is 3.63. The number of fused-ring (bicyclic) bond motifs is 1. The normalized spacial score (nSPS) is 16.3. The van der Waals surface area contributed by atoms with E-state index in [0.29, 0.717) is 0 Å². The lowest BCUT2D eigenvalue weighted by Gasteiger charge is -2.35. The molecule has 0 bridgehead atoms. The lowest BCUT2D eigenvalue weighted by molar-refractivity contribution is 0.00677. The molecule has 1 saturated carbocycles. The van der Waals surface area contributed by atoms with Gasteiger partial charge in [-0.25, -0.2) is 19.7 Å². The van der Waals surface area contributed by atoms with Crippen molar-refractivity contribution in [3.63, 3.8) is 0 Å². The number of pyridine rings is 2. The Morgan fingerprint density at radius 1 is 1.14 bits per heavy atom. The van der Waals surface area contributed by atoms with Crippen molar-refractivity contribution in [1.29, 1.82) is 0 Å². The molecule has 15 nitrogen and oxygen atoms in total. The summed E-state index contributed by atoms with van der Waals surface area (Å²) in [5, 5.41) is 9.96. The maximum atomic E-state index is 13.4. The molecule has 2 amide bonds. The van der Waals surface area contributed by atoms with Crippen LogP contribution in [0.2, 0.25) is 0 Å². The lowest BCUT2D eigenvalue weighted by Crippen LogP contribution is -2.51. The van der Waals surface area contributed by atoms with Gasteiger partial charge in [0.15, 0.2) is 5.52 Å². The molecule has 1 aliphatic rings. The lowest BCUT2D eigenvalue weighted by atomic mass is 9.89. The summed E-state index contributed by atoms with van der Waals surface area (Å²) in [7, 11) is 4.54. The molecule has 2 N–H and O–H groups in total. The third-order valence-corrected chi connectivity index (χ3v) is 6.77. The Labute approximate surface area is 246 Å². The van der Waals surface area contributed by atoms with Crippen molar-refractivity contribution in [2.75, 3.05) is 31.5 Å². The SMILES string of the molecule is COc1cc(-n2cccc(Nc3cc(N(C)C(=O)OC(C)(C)C)c4noc(C(=O)N[C@@H]5CC[C@H]5OC)c4n3)c2=O)ncn1. The average Bonchev–Trinajstić information content (AvgIpc) is 3.39. The van der Waals surface area contributed by atoms with Crippen molar-refractivity contribution in [3.8, 4) is 11.7 Å². The zero-order valence-electron chi connectivity index (χ0n) is 24.6. The highest BCUT2D eigenvalue weighted by atomic mass is 16.6. The Bertz CT molecular complexity index is 1730. The van der Waals surface area contributed by atoms with Gasteiger partial charge in [-0.3, -0.25) is 19.1 Å². The fourth-order valence-corrected chi connectivity index (χ4v) is 4.44. The Morgan fingerprint density at radius 3 is 2.60 bits per heavy atom. The second-order valence-electron chi connectivity index (χ2n) is 10.8. The number of nitrogens with one attached hydrogen (secondary N) is 2. The molecule has 4 aromatic rings. The first-order valence-electron chi connectivity index (χ1n) is 13.4. The van der Waals surface area contributed by atoms with Crippen LogP contribution in [0.1, 0.15) is 44.2 Å². The largest absolute Gasteiger partial charge is 0.481 e. The van der Waals surface area contributed by atoms with Gasteiger partial charge >= 0.3 is 6.09 Å². The molecule has 0 unspecified atom stereocenters. The highest BCUT2D eigenvalue weighted by Crippen LogP contribution is 2.32. The summed E-state index contributed by atoms with van der Waals surface area (Å²) in [6.45, 7) is 5.23. The maximum Gasteiger partial charge on any atom is 0.414 e. The fourth-order valence-electron chi connectivity index (χ4n) is 4.44. The number of methoxy groups -OCH3 is 2. The van der Waals surface area contributed by atoms with E-state index in [4.69, 9.17) is 18.7 Å². The van der Waals surface area contributed by atoms with Crippen LogP contribution in [0.5, 0.6) is 5.88 Å². The highest BCUT2D eigenvalue weighted by Gasteiger charge is 2.34. The Morgan fingerprint density at radius 2 is 1.93 bits per heavy atom. The monoisotopic (exact) mass is 592 g/mol. The zero-order valence-corrected chi connectivity index (χ0v) is 24.6. The van der Waals surface area contributed by atoms with Crippen LogP contribution < -0.4 is 25.8 Å². The molecule has 4 heterocycles. The number of hydrogen-bond acceptors (Lipinski definition) is 12. The van der Waals surface area contributed by atoms with Crippen LogP contribution in [0.25, 0.3) is 16.9 Å². The predicted octanol–water partition coefficient (Wildman–Crippen LogP) is 3.19. The van der Waals surface area contributed by atoms with Crippen molar-refractivity contribution in [2.45, 2.75) is 51.4 Å². The van der Waals surface area contributed by atoms with Crippen LogP contribution in [-0.4, -0.2) is 75.7 Å². The van der Waals surface area contributed by atoms with E-state index in [2.05, 4.69) is 30.7 Å². The Kier molecular flexibility index (Phi) is 8.00. The molecule has 0 spiro atoms. The number of ether oxygens (including phenoxy) is 3. The Hall–Kier alpha value is -5.05. The van der Waals surface area contributed by atoms with Crippen LogP contribution in [-0.2, 0) is 9.47 Å². The van der Waals surface area contributed by atoms with Gasteiger partial charge in [0.1, 0.15) is 34.8 Å². The van der Waals surface area contributed by atoms with Gasteiger partial charge in [0.05, 0.1) is 24.9 Å². The summed E-state index contributed by atoms with van der Waals surface area (Å²) in [5.41, 5.74) is -0.617. The summed E-state index contributed by atoms with van der Waals surface area (Å²) >= 11 is 0.